The van der Waals surface area contributed by atoms with Crippen LogP contribution < -0.4 is 0 Å². The fraction of sp³-hybridized carbons (Fsp3) is 0.0833. The number of aromatic amines is 1. The van der Waals surface area contributed by atoms with E-state index in [-0.39, 0.29) is 5.92 Å². The Morgan fingerprint density at radius 3 is 2.43 bits per heavy atom. The number of benzene rings is 1. The molecule has 2 aromatic rings. The maximum absolute atomic E-state index is 9.09. The molecular formula is C12H10N2. The highest BCUT2D eigenvalue weighted by Crippen LogP contribution is 2.22. The normalized spacial score (nSPS) is 11.9. The molecule has 0 fully saturated rings. The molecule has 1 atom stereocenters. The molecule has 0 aliphatic heterocycles. The van der Waals surface area contributed by atoms with Crippen LogP contribution in [0.3, 0.4) is 0 Å². The minimum absolute atomic E-state index is 0.164. The maximum Gasteiger partial charge on any atom is 0.0977 e. The maximum atomic E-state index is 9.09. The third kappa shape index (κ3) is 1.53. The minimum Gasteiger partial charge on any atom is -0.367 e. The Balaban J connectivity index is 2.38. The Morgan fingerprint density at radius 2 is 1.86 bits per heavy atom. The zero-order valence-corrected chi connectivity index (χ0v) is 7.64. The number of nitrogens with one attached hydrogen (secondary N) is 1. The molecule has 0 saturated carbocycles. The van der Waals surface area contributed by atoms with Crippen LogP contribution >= 0.6 is 0 Å². The van der Waals surface area contributed by atoms with E-state index in [0.29, 0.717) is 0 Å². The number of nitriles is 1. The van der Waals surface area contributed by atoms with E-state index < -0.39 is 0 Å². The largest absolute Gasteiger partial charge is 0.367 e. The molecule has 0 bridgehead atoms. The van der Waals surface area contributed by atoms with Gasteiger partial charge in [-0.2, -0.15) is 5.26 Å². The first-order valence-corrected chi connectivity index (χ1v) is 4.49. The number of hydrogen-bond donors (Lipinski definition) is 1. The summed E-state index contributed by atoms with van der Waals surface area (Å²) < 4.78 is 0. The molecule has 2 nitrogen and oxygen atoms in total. The van der Waals surface area contributed by atoms with E-state index >= 15 is 0 Å². The summed E-state index contributed by atoms with van der Waals surface area (Å²) in [6.45, 7) is 0. The second-order valence-electron chi connectivity index (χ2n) is 3.12. The van der Waals surface area contributed by atoms with Gasteiger partial charge >= 0.3 is 0 Å². The van der Waals surface area contributed by atoms with E-state index in [2.05, 4.69) is 11.1 Å². The predicted molar refractivity (Wildman–Crippen MR) is 54.7 cm³/mol. The first-order chi connectivity index (χ1) is 6.92. The molecule has 0 spiro atoms. The van der Waals surface area contributed by atoms with Gasteiger partial charge in [-0.05, 0) is 17.2 Å². The Bertz CT molecular complexity index is 423. The van der Waals surface area contributed by atoms with Crippen molar-refractivity contribution in [1.29, 1.82) is 5.26 Å². The first kappa shape index (κ1) is 8.58. The summed E-state index contributed by atoms with van der Waals surface area (Å²) >= 11 is 0. The van der Waals surface area contributed by atoms with Gasteiger partial charge in [-0.1, -0.05) is 30.3 Å². The van der Waals surface area contributed by atoms with Crippen LogP contribution in [0.15, 0.2) is 48.8 Å². The van der Waals surface area contributed by atoms with Gasteiger partial charge in [0.25, 0.3) is 0 Å². The van der Waals surface area contributed by atoms with Gasteiger partial charge in [-0.25, -0.2) is 0 Å². The molecular weight excluding hydrogens is 172 g/mol. The summed E-state index contributed by atoms with van der Waals surface area (Å²) in [4.78, 5) is 2.96. The first-order valence-electron chi connectivity index (χ1n) is 4.49. The smallest absolute Gasteiger partial charge is 0.0977 e. The molecule has 2 rings (SSSR count). The standard InChI is InChI=1S/C12H10N2/c13-8-12(11-6-7-14-9-11)10-4-2-1-3-5-10/h1-7,9,12,14H. The van der Waals surface area contributed by atoms with Crippen molar-refractivity contribution in [3.05, 3.63) is 59.9 Å². The van der Waals surface area contributed by atoms with Crippen molar-refractivity contribution in [2.45, 2.75) is 5.92 Å². The fourth-order valence-electron chi connectivity index (χ4n) is 1.50. The summed E-state index contributed by atoms with van der Waals surface area (Å²) in [5, 5.41) is 9.09. The number of nitrogens with zero attached hydrogens (tertiary/aromatic N) is 1. The second-order valence-corrected chi connectivity index (χ2v) is 3.12. The molecule has 14 heavy (non-hydrogen) atoms. The van der Waals surface area contributed by atoms with Gasteiger partial charge in [0.15, 0.2) is 0 Å². The molecule has 0 aliphatic rings. The van der Waals surface area contributed by atoms with E-state index in [1.807, 2.05) is 48.8 Å². The third-order valence-electron chi connectivity index (χ3n) is 2.22. The van der Waals surface area contributed by atoms with Gasteiger partial charge < -0.3 is 4.98 Å². The van der Waals surface area contributed by atoms with E-state index in [9.17, 15) is 0 Å². The van der Waals surface area contributed by atoms with E-state index in [1.165, 1.54) is 0 Å². The lowest BCUT2D eigenvalue weighted by molar-refractivity contribution is 1.04. The lowest BCUT2D eigenvalue weighted by Gasteiger charge is -2.06. The lowest BCUT2D eigenvalue weighted by Crippen LogP contribution is -1.95. The molecule has 1 N–H and O–H groups in total. The summed E-state index contributed by atoms with van der Waals surface area (Å²) in [6.07, 6.45) is 3.70. The van der Waals surface area contributed by atoms with Crippen LogP contribution in [0, 0.1) is 11.3 Å². The fourth-order valence-corrected chi connectivity index (χ4v) is 1.50. The quantitative estimate of drug-likeness (QED) is 0.762. The topological polar surface area (TPSA) is 39.6 Å². The molecule has 1 unspecified atom stereocenters. The molecule has 68 valence electrons. The summed E-state index contributed by atoms with van der Waals surface area (Å²) in [7, 11) is 0. The number of rotatable bonds is 2. The summed E-state index contributed by atoms with van der Waals surface area (Å²) in [5.74, 6) is -0.164. The van der Waals surface area contributed by atoms with Gasteiger partial charge in [-0.3, -0.25) is 0 Å². The summed E-state index contributed by atoms with van der Waals surface area (Å²) in [6, 6.07) is 14.0. The predicted octanol–water partition coefficient (Wildman–Crippen LogP) is 2.67. The van der Waals surface area contributed by atoms with Crippen molar-refractivity contribution >= 4 is 0 Å². The average molecular weight is 182 g/mol. The van der Waals surface area contributed by atoms with Gasteiger partial charge in [0.2, 0.25) is 0 Å². The monoisotopic (exact) mass is 182 g/mol. The number of H-pyrrole nitrogens is 1. The summed E-state index contributed by atoms with van der Waals surface area (Å²) in [5.41, 5.74) is 2.05. The van der Waals surface area contributed by atoms with Crippen molar-refractivity contribution in [3.63, 3.8) is 0 Å². The van der Waals surface area contributed by atoms with Crippen molar-refractivity contribution in [3.8, 4) is 6.07 Å². The van der Waals surface area contributed by atoms with Crippen molar-refractivity contribution in [2.75, 3.05) is 0 Å². The highest BCUT2D eigenvalue weighted by atomic mass is 14.6. The number of hydrogen-bond acceptors (Lipinski definition) is 1. The highest BCUT2D eigenvalue weighted by molar-refractivity contribution is 5.36. The van der Waals surface area contributed by atoms with Crippen LogP contribution in [-0.4, -0.2) is 4.98 Å². The van der Waals surface area contributed by atoms with Crippen LogP contribution in [0.4, 0.5) is 0 Å². The third-order valence-corrected chi connectivity index (χ3v) is 2.22. The SMILES string of the molecule is N#CC(c1ccccc1)c1cc[nH]c1. The van der Waals surface area contributed by atoms with Gasteiger partial charge in [-0.15, -0.1) is 0 Å². The van der Waals surface area contributed by atoms with Crippen LogP contribution in [-0.2, 0) is 0 Å². The molecule has 0 radical (unpaired) electrons. The van der Waals surface area contributed by atoms with Crippen LogP contribution in [0.2, 0.25) is 0 Å². The Hall–Kier alpha value is -2.01. The van der Waals surface area contributed by atoms with Gasteiger partial charge in [0.1, 0.15) is 0 Å². The zero-order chi connectivity index (χ0) is 9.80. The second kappa shape index (κ2) is 3.80. The Labute approximate surface area is 82.8 Å². The molecule has 0 amide bonds. The molecule has 1 aromatic carbocycles. The van der Waals surface area contributed by atoms with Gasteiger partial charge in [0, 0.05) is 12.4 Å². The average Bonchev–Trinajstić information content (AvgIpc) is 2.74. The Kier molecular flexibility index (Phi) is 2.33. The molecule has 0 aliphatic carbocycles. The van der Waals surface area contributed by atoms with E-state index in [1.54, 1.807) is 0 Å². The zero-order valence-electron chi connectivity index (χ0n) is 7.64. The van der Waals surface area contributed by atoms with Crippen molar-refractivity contribution in [2.24, 2.45) is 0 Å². The number of aromatic nitrogens is 1. The van der Waals surface area contributed by atoms with Crippen LogP contribution in [0.5, 0.6) is 0 Å². The van der Waals surface area contributed by atoms with Crippen molar-refractivity contribution < 1.29 is 0 Å². The molecule has 1 heterocycles. The van der Waals surface area contributed by atoms with E-state index in [0.717, 1.165) is 11.1 Å². The van der Waals surface area contributed by atoms with E-state index in [4.69, 9.17) is 5.26 Å². The van der Waals surface area contributed by atoms with Gasteiger partial charge in [0.05, 0.1) is 12.0 Å². The molecule has 2 heteroatoms. The molecule has 1 aromatic heterocycles. The van der Waals surface area contributed by atoms with Crippen molar-refractivity contribution in [1.82, 2.24) is 4.98 Å². The Morgan fingerprint density at radius 1 is 1.07 bits per heavy atom. The highest BCUT2D eigenvalue weighted by Gasteiger charge is 2.12. The van der Waals surface area contributed by atoms with Crippen LogP contribution in [0.25, 0.3) is 0 Å². The minimum atomic E-state index is -0.164. The van der Waals surface area contributed by atoms with Crippen LogP contribution in [0.1, 0.15) is 17.0 Å². The lowest BCUT2D eigenvalue weighted by atomic mass is 9.95. The molecule has 0 saturated heterocycles.